The van der Waals surface area contributed by atoms with Crippen molar-refractivity contribution in [1.82, 2.24) is 4.98 Å². The standard InChI is InChI=1S/C23H25N3O6/c1-29-19-12-15(22(28)31-3)17(13-20(19)30-2)24-21(27)14-8-10-26(11-9-14)23-25-16-6-4-5-7-18(16)32-23/h4-7,12-14H,8-11H2,1-3H3,(H,24,27). The topological polar surface area (TPSA) is 103 Å². The Balaban J connectivity index is 1.46. The van der Waals surface area contributed by atoms with Gasteiger partial charge in [-0.1, -0.05) is 12.1 Å². The van der Waals surface area contributed by atoms with Gasteiger partial charge in [0.2, 0.25) is 5.91 Å². The van der Waals surface area contributed by atoms with Gasteiger partial charge in [-0.05, 0) is 25.0 Å². The van der Waals surface area contributed by atoms with E-state index in [1.54, 1.807) is 6.07 Å². The number of methoxy groups -OCH3 is 3. The summed E-state index contributed by atoms with van der Waals surface area (Å²) in [6.45, 7) is 1.28. The molecule has 168 valence electrons. The molecule has 0 saturated carbocycles. The third-order valence-corrected chi connectivity index (χ3v) is 5.61. The molecule has 2 heterocycles. The number of anilines is 2. The first-order valence-electron chi connectivity index (χ1n) is 10.3. The van der Waals surface area contributed by atoms with Gasteiger partial charge in [0.25, 0.3) is 6.01 Å². The minimum Gasteiger partial charge on any atom is -0.493 e. The summed E-state index contributed by atoms with van der Waals surface area (Å²) in [4.78, 5) is 31.8. The lowest BCUT2D eigenvalue weighted by atomic mass is 9.96. The van der Waals surface area contributed by atoms with E-state index in [0.717, 1.165) is 11.1 Å². The molecule has 9 nitrogen and oxygen atoms in total. The Bertz CT molecular complexity index is 1100. The van der Waals surface area contributed by atoms with Crippen LogP contribution in [0.25, 0.3) is 11.1 Å². The molecule has 3 aromatic rings. The zero-order valence-electron chi connectivity index (χ0n) is 18.2. The number of esters is 1. The smallest absolute Gasteiger partial charge is 0.340 e. The summed E-state index contributed by atoms with van der Waals surface area (Å²) in [5.74, 6) is -0.181. The number of para-hydroxylation sites is 2. The zero-order valence-corrected chi connectivity index (χ0v) is 18.2. The summed E-state index contributed by atoms with van der Waals surface area (Å²) < 4.78 is 21.3. The predicted octanol–water partition coefficient (Wildman–Crippen LogP) is 3.49. The second-order valence-electron chi connectivity index (χ2n) is 7.46. The molecule has 9 heteroatoms. The van der Waals surface area contributed by atoms with E-state index in [1.165, 1.54) is 27.4 Å². The van der Waals surface area contributed by atoms with E-state index in [1.807, 2.05) is 29.2 Å². The number of rotatable bonds is 6. The number of nitrogens with zero attached hydrogens (tertiary/aromatic N) is 2. The van der Waals surface area contributed by atoms with Gasteiger partial charge >= 0.3 is 5.97 Å². The number of oxazole rings is 1. The molecule has 0 radical (unpaired) electrons. The van der Waals surface area contributed by atoms with Crippen LogP contribution in [0.15, 0.2) is 40.8 Å². The quantitative estimate of drug-likeness (QED) is 0.582. The van der Waals surface area contributed by atoms with Crippen LogP contribution in [0.4, 0.5) is 11.7 Å². The average Bonchev–Trinajstić information content (AvgIpc) is 3.27. The second kappa shape index (κ2) is 9.17. The maximum Gasteiger partial charge on any atom is 0.340 e. The summed E-state index contributed by atoms with van der Waals surface area (Å²) >= 11 is 0. The van der Waals surface area contributed by atoms with Crippen LogP contribution in [0.2, 0.25) is 0 Å². The SMILES string of the molecule is COC(=O)c1cc(OC)c(OC)cc1NC(=O)C1CCN(c2nc3ccccc3o2)CC1. The van der Waals surface area contributed by atoms with Crippen LogP contribution in [-0.2, 0) is 9.53 Å². The van der Waals surface area contributed by atoms with Crippen molar-refractivity contribution in [3.63, 3.8) is 0 Å². The normalized spacial score (nSPS) is 14.3. The highest BCUT2D eigenvalue weighted by atomic mass is 16.5. The number of piperidine rings is 1. The van der Waals surface area contributed by atoms with Gasteiger partial charge in [-0.2, -0.15) is 4.98 Å². The summed E-state index contributed by atoms with van der Waals surface area (Å²) in [5.41, 5.74) is 2.07. The molecule has 0 spiro atoms. The van der Waals surface area contributed by atoms with Gasteiger partial charge in [0.15, 0.2) is 17.1 Å². The van der Waals surface area contributed by atoms with E-state index in [2.05, 4.69) is 10.3 Å². The number of amides is 1. The summed E-state index contributed by atoms with van der Waals surface area (Å²) in [6.07, 6.45) is 1.26. The van der Waals surface area contributed by atoms with E-state index in [0.29, 0.717) is 49.1 Å². The third-order valence-electron chi connectivity index (χ3n) is 5.61. The van der Waals surface area contributed by atoms with Crippen LogP contribution in [0.1, 0.15) is 23.2 Å². The van der Waals surface area contributed by atoms with Crippen molar-refractivity contribution in [2.24, 2.45) is 5.92 Å². The van der Waals surface area contributed by atoms with Crippen LogP contribution in [0, 0.1) is 5.92 Å². The van der Waals surface area contributed by atoms with Crippen molar-refractivity contribution in [2.45, 2.75) is 12.8 Å². The molecule has 1 aliphatic rings. The third kappa shape index (κ3) is 4.18. The Labute approximate surface area is 185 Å². The lowest BCUT2D eigenvalue weighted by Crippen LogP contribution is -2.38. The largest absolute Gasteiger partial charge is 0.493 e. The van der Waals surface area contributed by atoms with Gasteiger partial charge in [0, 0.05) is 31.1 Å². The molecular weight excluding hydrogens is 414 g/mol. The van der Waals surface area contributed by atoms with Gasteiger partial charge in [-0.25, -0.2) is 4.79 Å². The van der Waals surface area contributed by atoms with Crippen LogP contribution < -0.4 is 19.7 Å². The highest BCUT2D eigenvalue weighted by Gasteiger charge is 2.28. The first-order valence-corrected chi connectivity index (χ1v) is 10.3. The van der Waals surface area contributed by atoms with Crippen molar-refractivity contribution in [3.8, 4) is 11.5 Å². The summed E-state index contributed by atoms with van der Waals surface area (Å²) in [6, 6.07) is 11.2. The van der Waals surface area contributed by atoms with Crippen LogP contribution in [0.3, 0.4) is 0 Å². The lowest BCUT2D eigenvalue weighted by Gasteiger charge is -2.30. The van der Waals surface area contributed by atoms with E-state index in [4.69, 9.17) is 18.6 Å². The highest BCUT2D eigenvalue weighted by Crippen LogP contribution is 2.34. The molecule has 1 aliphatic heterocycles. The Morgan fingerprint density at radius 2 is 1.75 bits per heavy atom. The Hall–Kier alpha value is -3.75. The molecule has 0 atom stereocenters. The molecule has 0 aliphatic carbocycles. The number of carbonyl (C=O) groups is 2. The molecule has 1 saturated heterocycles. The Kier molecular flexibility index (Phi) is 6.16. The predicted molar refractivity (Wildman–Crippen MR) is 118 cm³/mol. The minimum atomic E-state index is -0.577. The van der Waals surface area contributed by atoms with Crippen molar-refractivity contribution in [2.75, 3.05) is 44.6 Å². The maximum absolute atomic E-state index is 13.0. The monoisotopic (exact) mass is 439 g/mol. The number of carbonyl (C=O) groups excluding carboxylic acids is 2. The molecule has 32 heavy (non-hydrogen) atoms. The zero-order chi connectivity index (χ0) is 22.7. The lowest BCUT2D eigenvalue weighted by molar-refractivity contribution is -0.120. The minimum absolute atomic E-state index is 0.167. The first-order chi connectivity index (χ1) is 15.5. The van der Waals surface area contributed by atoms with Gasteiger partial charge in [0.1, 0.15) is 5.52 Å². The van der Waals surface area contributed by atoms with E-state index >= 15 is 0 Å². The molecule has 0 bridgehead atoms. The van der Waals surface area contributed by atoms with E-state index in [9.17, 15) is 9.59 Å². The molecule has 1 amide bonds. The van der Waals surface area contributed by atoms with Crippen LogP contribution in [0.5, 0.6) is 11.5 Å². The molecule has 1 fully saturated rings. The molecular formula is C23H25N3O6. The van der Waals surface area contributed by atoms with Crippen LogP contribution >= 0.6 is 0 Å². The van der Waals surface area contributed by atoms with Crippen LogP contribution in [-0.4, -0.2) is 51.3 Å². The number of ether oxygens (including phenoxy) is 3. The van der Waals surface area contributed by atoms with Gasteiger partial charge < -0.3 is 28.8 Å². The van der Waals surface area contributed by atoms with Crippen molar-refractivity contribution in [1.29, 1.82) is 0 Å². The molecule has 2 aromatic carbocycles. The number of benzene rings is 2. The second-order valence-corrected chi connectivity index (χ2v) is 7.46. The van der Waals surface area contributed by atoms with Crippen molar-refractivity contribution in [3.05, 3.63) is 42.0 Å². The number of hydrogen-bond donors (Lipinski definition) is 1. The van der Waals surface area contributed by atoms with E-state index in [-0.39, 0.29) is 17.4 Å². The van der Waals surface area contributed by atoms with Gasteiger partial charge in [-0.3, -0.25) is 4.79 Å². The highest BCUT2D eigenvalue weighted by molar-refractivity contribution is 6.02. The number of nitrogens with one attached hydrogen (secondary N) is 1. The molecule has 1 aromatic heterocycles. The fraction of sp³-hybridized carbons (Fsp3) is 0.348. The number of aromatic nitrogens is 1. The Morgan fingerprint density at radius 3 is 2.41 bits per heavy atom. The first kappa shape index (κ1) is 21.5. The molecule has 0 unspecified atom stereocenters. The number of hydrogen-bond acceptors (Lipinski definition) is 8. The van der Waals surface area contributed by atoms with E-state index < -0.39 is 5.97 Å². The van der Waals surface area contributed by atoms with Crippen molar-refractivity contribution < 1.29 is 28.2 Å². The fourth-order valence-electron chi connectivity index (χ4n) is 3.82. The molecule has 1 N–H and O–H groups in total. The van der Waals surface area contributed by atoms with Gasteiger partial charge in [0.05, 0.1) is 32.6 Å². The summed E-state index contributed by atoms with van der Waals surface area (Å²) in [7, 11) is 4.25. The molecule has 4 rings (SSSR count). The van der Waals surface area contributed by atoms with Crippen molar-refractivity contribution >= 4 is 34.7 Å². The number of fused-ring (bicyclic) bond motifs is 1. The summed E-state index contributed by atoms with van der Waals surface area (Å²) in [5, 5.41) is 2.86. The Morgan fingerprint density at radius 1 is 1.06 bits per heavy atom. The average molecular weight is 439 g/mol. The fourth-order valence-corrected chi connectivity index (χ4v) is 3.82. The maximum atomic E-state index is 13.0. The van der Waals surface area contributed by atoms with Gasteiger partial charge in [-0.15, -0.1) is 0 Å².